The number of aromatic nitrogens is 3. The number of hydrogen-bond acceptors (Lipinski definition) is 3. The Morgan fingerprint density at radius 3 is 2.76 bits per heavy atom. The molecule has 5 heteroatoms. The summed E-state index contributed by atoms with van der Waals surface area (Å²) in [5.41, 5.74) is 1.10. The van der Waals surface area contributed by atoms with Crippen LogP contribution in [-0.4, -0.2) is 26.0 Å². The summed E-state index contributed by atoms with van der Waals surface area (Å²) in [6, 6.07) is 7.91. The first-order chi connectivity index (χ1) is 8.16. The lowest BCUT2D eigenvalue weighted by Gasteiger charge is -2.11. The normalized spacial score (nSPS) is 12.6. The maximum Gasteiger partial charge on any atom is 0.138 e. The Morgan fingerprint density at radius 2 is 2.12 bits per heavy atom. The van der Waals surface area contributed by atoms with E-state index in [-0.39, 0.29) is 0 Å². The fourth-order valence-electron chi connectivity index (χ4n) is 1.71. The van der Waals surface area contributed by atoms with Gasteiger partial charge in [0.05, 0.1) is 6.10 Å². The van der Waals surface area contributed by atoms with E-state index in [1.807, 2.05) is 31.3 Å². The molecule has 4 nitrogen and oxygen atoms in total. The van der Waals surface area contributed by atoms with Crippen molar-refractivity contribution in [2.45, 2.75) is 18.9 Å². The summed E-state index contributed by atoms with van der Waals surface area (Å²) in [7, 11) is 1.83. The predicted molar refractivity (Wildman–Crippen MR) is 68.6 cm³/mol. The molecule has 17 heavy (non-hydrogen) atoms. The minimum atomic E-state index is -0.448. The Morgan fingerprint density at radius 1 is 1.35 bits per heavy atom. The van der Waals surface area contributed by atoms with Crippen molar-refractivity contribution in [1.82, 2.24) is 14.8 Å². The number of hydrogen-bond donors (Lipinski definition) is 1. The summed E-state index contributed by atoms with van der Waals surface area (Å²) in [6.45, 7) is 0. The highest BCUT2D eigenvalue weighted by Gasteiger charge is 2.11. The standard InChI is InChI=1S/C12H14BrN3O/c1-16-12(14-8-15-16)7-10(17)6-9-4-2-3-5-11(9)13/h2-5,8,10,17H,6-7H2,1H3. The molecule has 0 saturated heterocycles. The zero-order valence-corrected chi connectivity index (χ0v) is 11.1. The fourth-order valence-corrected chi connectivity index (χ4v) is 2.15. The van der Waals surface area contributed by atoms with Crippen molar-refractivity contribution in [2.24, 2.45) is 7.05 Å². The molecule has 1 aromatic heterocycles. The second-order valence-corrected chi connectivity index (χ2v) is 4.81. The summed E-state index contributed by atoms with van der Waals surface area (Å²) in [4.78, 5) is 4.10. The van der Waals surface area contributed by atoms with Crippen molar-refractivity contribution in [3.8, 4) is 0 Å². The number of aliphatic hydroxyl groups is 1. The van der Waals surface area contributed by atoms with Crippen LogP contribution in [-0.2, 0) is 19.9 Å². The molecule has 1 atom stereocenters. The summed E-state index contributed by atoms with van der Waals surface area (Å²) < 4.78 is 2.71. The molecule has 0 aliphatic heterocycles. The molecule has 0 spiro atoms. The number of aliphatic hydroxyl groups excluding tert-OH is 1. The number of benzene rings is 1. The molecule has 0 fully saturated rings. The van der Waals surface area contributed by atoms with E-state index in [9.17, 15) is 5.11 Å². The topological polar surface area (TPSA) is 50.9 Å². The van der Waals surface area contributed by atoms with Gasteiger partial charge in [-0.15, -0.1) is 0 Å². The summed E-state index contributed by atoms with van der Waals surface area (Å²) in [5.74, 6) is 0.796. The maximum atomic E-state index is 10.0. The SMILES string of the molecule is Cn1ncnc1CC(O)Cc1ccccc1Br. The van der Waals surface area contributed by atoms with Crippen molar-refractivity contribution in [3.05, 3.63) is 46.5 Å². The fraction of sp³-hybridized carbons (Fsp3) is 0.333. The number of halogens is 1. The van der Waals surface area contributed by atoms with Gasteiger partial charge in [0.2, 0.25) is 0 Å². The van der Waals surface area contributed by atoms with Crippen molar-refractivity contribution < 1.29 is 5.11 Å². The molecule has 1 unspecified atom stereocenters. The average molecular weight is 296 g/mol. The summed E-state index contributed by atoms with van der Waals surface area (Å²) in [5, 5.41) is 14.0. The lowest BCUT2D eigenvalue weighted by molar-refractivity contribution is 0.171. The Balaban J connectivity index is 2.01. The molecule has 0 aliphatic rings. The highest BCUT2D eigenvalue weighted by atomic mass is 79.9. The maximum absolute atomic E-state index is 10.0. The van der Waals surface area contributed by atoms with Crippen LogP contribution in [0.2, 0.25) is 0 Å². The highest BCUT2D eigenvalue weighted by Crippen LogP contribution is 2.18. The van der Waals surface area contributed by atoms with E-state index in [1.165, 1.54) is 6.33 Å². The summed E-state index contributed by atoms with van der Waals surface area (Å²) >= 11 is 3.47. The third-order valence-electron chi connectivity index (χ3n) is 2.64. The molecule has 2 aromatic rings. The van der Waals surface area contributed by atoms with Gasteiger partial charge >= 0.3 is 0 Å². The third kappa shape index (κ3) is 3.14. The molecule has 1 aromatic carbocycles. The molecule has 0 saturated carbocycles. The van der Waals surface area contributed by atoms with Gasteiger partial charge in [0.15, 0.2) is 0 Å². The second kappa shape index (κ2) is 5.42. The molecule has 0 bridgehead atoms. The van der Waals surface area contributed by atoms with Gasteiger partial charge in [-0.1, -0.05) is 34.1 Å². The van der Waals surface area contributed by atoms with Gasteiger partial charge in [-0.3, -0.25) is 4.68 Å². The monoisotopic (exact) mass is 295 g/mol. The van der Waals surface area contributed by atoms with E-state index in [0.717, 1.165) is 15.9 Å². The zero-order valence-electron chi connectivity index (χ0n) is 9.55. The van der Waals surface area contributed by atoms with Crippen LogP contribution >= 0.6 is 15.9 Å². The zero-order chi connectivity index (χ0) is 12.3. The van der Waals surface area contributed by atoms with Gasteiger partial charge in [-0.25, -0.2) is 4.98 Å². The van der Waals surface area contributed by atoms with Gasteiger partial charge in [-0.2, -0.15) is 5.10 Å². The summed E-state index contributed by atoms with van der Waals surface area (Å²) in [6.07, 6.45) is 2.17. The molecule has 0 radical (unpaired) electrons. The first-order valence-corrected chi connectivity index (χ1v) is 6.20. The van der Waals surface area contributed by atoms with Gasteiger partial charge in [0.1, 0.15) is 12.2 Å². The number of rotatable bonds is 4. The highest BCUT2D eigenvalue weighted by molar-refractivity contribution is 9.10. The molecule has 0 amide bonds. The molecule has 1 heterocycles. The van der Waals surface area contributed by atoms with Crippen molar-refractivity contribution in [3.63, 3.8) is 0 Å². The lowest BCUT2D eigenvalue weighted by atomic mass is 10.1. The Labute approximate surface area is 108 Å². The average Bonchev–Trinajstić information content (AvgIpc) is 2.68. The molecule has 90 valence electrons. The van der Waals surface area contributed by atoms with Crippen LogP contribution < -0.4 is 0 Å². The van der Waals surface area contributed by atoms with Crippen molar-refractivity contribution in [2.75, 3.05) is 0 Å². The van der Waals surface area contributed by atoms with E-state index < -0.39 is 6.10 Å². The molecular weight excluding hydrogens is 282 g/mol. The Bertz CT molecular complexity index is 498. The van der Waals surface area contributed by atoms with E-state index >= 15 is 0 Å². The van der Waals surface area contributed by atoms with Crippen molar-refractivity contribution in [1.29, 1.82) is 0 Å². The van der Waals surface area contributed by atoms with Crippen LogP contribution in [0.4, 0.5) is 0 Å². The van der Waals surface area contributed by atoms with E-state index in [2.05, 4.69) is 26.0 Å². The molecule has 2 rings (SSSR count). The quantitative estimate of drug-likeness (QED) is 0.934. The first-order valence-electron chi connectivity index (χ1n) is 5.41. The Kier molecular flexibility index (Phi) is 3.91. The third-order valence-corrected chi connectivity index (χ3v) is 3.41. The molecule has 1 N–H and O–H groups in total. The lowest BCUT2D eigenvalue weighted by Crippen LogP contribution is -2.17. The smallest absolute Gasteiger partial charge is 0.138 e. The van der Waals surface area contributed by atoms with Gasteiger partial charge in [0.25, 0.3) is 0 Å². The van der Waals surface area contributed by atoms with E-state index in [1.54, 1.807) is 4.68 Å². The predicted octanol–water partition coefficient (Wildman–Crippen LogP) is 1.72. The number of aryl methyl sites for hydroxylation is 1. The molecular formula is C12H14BrN3O. The minimum Gasteiger partial charge on any atom is -0.392 e. The van der Waals surface area contributed by atoms with Crippen molar-refractivity contribution >= 4 is 15.9 Å². The number of nitrogens with zero attached hydrogens (tertiary/aromatic N) is 3. The van der Waals surface area contributed by atoms with Crippen LogP contribution in [0.1, 0.15) is 11.4 Å². The van der Waals surface area contributed by atoms with Crippen LogP contribution in [0.5, 0.6) is 0 Å². The van der Waals surface area contributed by atoms with Crippen LogP contribution in [0.15, 0.2) is 35.1 Å². The minimum absolute atomic E-state index is 0.448. The van der Waals surface area contributed by atoms with Crippen LogP contribution in [0.25, 0.3) is 0 Å². The Hall–Kier alpha value is -1.20. The van der Waals surface area contributed by atoms with E-state index in [0.29, 0.717) is 12.8 Å². The van der Waals surface area contributed by atoms with E-state index in [4.69, 9.17) is 0 Å². The first kappa shape index (κ1) is 12.3. The van der Waals surface area contributed by atoms with Gasteiger partial charge < -0.3 is 5.11 Å². The van der Waals surface area contributed by atoms with Gasteiger partial charge in [0, 0.05) is 17.9 Å². The van der Waals surface area contributed by atoms with Gasteiger partial charge in [-0.05, 0) is 18.1 Å². The van der Waals surface area contributed by atoms with Crippen LogP contribution in [0.3, 0.4) is 0 Å². The largest absolute Gasteiger partial charge is 0.392 e. The van der Waals surface area contributed by atoms with Crippen LogP contribution in [0, 0.1) is 0 Å². The molecule has 0 aliphatic carbocycles. The second-order valence-electron chi connectivity index (χ2n) is 3.95.